The molecule has 2 aromatic carbocycles. The fourth-order valence-corrected chi connectivity index (χ4v) is 3.77. The van der Waals surface area contributed by atoms with Crippen molar-refractivity contribution in [2.24, 2.45) is 0 Å². The Bertz CT molecular complexity index is 1210. The summed E-state index contributed by atoms with van der Waals surface area (Å²) in [5, 5.41) is 21.7. The Kier molecular flexibility index (Phi) is 5.35. The smallest absolute Gasteiger partial charge is 0.300 e. The minimum atomic E-state index is -0.997. The zero-order valence-electron chi connectivity index (χ0n) is 16.3. The van der Waals surface area contributed by atoms with E-state index in [1.54, 1.807) is 30.3 Å². The summed E-state index contributed by atoms with van der Waals surface area (Å²) in [6.45, 7) is 0. The first kappa shape index (κ1) is 20.4. The molecule has 1 aliphatic heterocycles. The number of carbonyl (C=O) groups is 2. The van der Waals surface area contributed by atoms with Crippen LogP contribution in [0.5, 0.6) is 11.5 Å². The van der Waals surface area contributed by atoms with Gasteiger partial charge in [-0.2, -0.15) is 0 Å². The summed E-state index contributed by atoms with van der Waals surface area (Å²) in [6.07, 6.45) is 2.94. The van der Waals surface area contributed by atoms with Crippen molar-refractivity contribution < 1.29 is 24.5 Å². The van der Waals surface area contributed by atoms with Crippen LogP contribution in [0.2, 0.25) is 5.02 Å². The number of aliphatic hydroxyl groups is 1. The van der Waals surface area contributed by atoms with Crippen molar-refractivity contribution in [3.63, 3.8) is 0 Å². The van der Waals surface area contributed by atoms with E-state index in [1.165, 1.54) is 48.7 Å². The molecule has 0 saturated carbocycles. The highest BCUT2D eigenvalue weighted by atomic mass is 35.5. The number of phenolic OH excluding ortho intramolecular Hbond substituents is 1. The summed E-state index contributed by atoms with van der Waals surface area (Å²) in [4.78, 5) is 31.2. The van der Waals surface area contributed by atoms with Gasteiger partial charge < -0.3 is 14.9 Å². The van der Waals surface area contributed by atoms with Gasteiger partial charge in [0.2, 0.25) is 0 Å². The molecule has 8 heteroatoms. The molecule has 156 valence electrons. The summed E-state index contributed by atoms with van der Waals surface area (Å²) in [5.74, 6) is -1.95. The maximum atomic E-state index is 13.0. The quantitative estimate of drug-likeness (QED) is 0.363. The van der Waals surface area contributed by atoms with E-state index in [9.17, 15) is 19.8 Å². The summed E-state index contributed by atoms with van der Waals surface area (Å²) < 4.78 is 5.09. The van der Waals surface area contributed by atoms with Crippen LogP contribution < -0.4 is 9.64 Å². The van der Waals surface area contributed by atoms with Gasteiger partial charge in [-0.1, -0.05) is 23.7 Å². The van der Waals surface area contributed by atoms with Crippen LogP contribution in [0.15, 0.2) is 72.6 Å². The van der Waals surface area contributed by atoms with Crippen molar-refractivity contribution in [3.8, 4) is 11.5 Å². The Labute approximate surface area is 182 Å². The number of nitrogens with zero attached hydrogens (tertiary/aromatic N) is 2. The number of hydrogen-bond acceptors (Lipinski definition) is 6. The molecule has 7 nitrogen and oxygen atoms in total. The molecule has 2 N–H and O–H groups in total. The topological polar surface area (TPSA) is 100.0 Å². The van der Waals surface area contributed by atoms with E-state index in [0.717, 1.165) is 0 Å². The Morgan fingerprint density at radius 1 is 1.10 bits per heavy atom. The summed E-state index contributed by atoms with van der Waals surface area (Å²) in [6, 6.07) is 13.1. The Hall–Kier alpha value is -3.84. The van der Waals surface area contributed by atoms with Gasteiger partial charge >= 0.3 is 0 Å². The second kappa shape index (κ2) is 8.12. The van der Waals surface area contributed by atoms with Crippen LogP contribution in [-0.2, 0) is 9.59 Å². The van der Waals surface area contributed by atoms with Gasteiger partial charge in [0.05, 0.1) is 18.7 Å². The summed E-state index contributed by atoms with van der Waals surface area (Å²) in [5.41, 5.74) is 1.01. The number of hydrogen-bond donors (Lipinski definition) is 2. The van der Waals surface area contributed by atoms with Gasteiger partial charge in [-0.3, -0.25) is 19.5 Å². The van der Waals surface area contributed by atoms with Crippen molar-refractivity contribution in [2.45, 2.75) is 6.04 Å². The minimum Gasteiger partial charge on any atom is -0.507 e. The van der Waals surface area contributed by atoms with Crippen molar-refractivity contribution in [2.75, 3.05) is 12.0 Å². The number of aromatic hydroxyl groups is 1. The van der Waals surface area contributed by atoms with Crippen LogP contribution in [0, 0.1) is 0 Å². The maximum Gasteiger partial charge on any atom is 0.300 e. The monoisotopic (exact) mass is 436 g/mol. The molecule has 1 amide bonds. The van der Waals surface area contributed by atoms with Gasteiger partial charge in [0.15, 0.2) is 11.5 Å². The normalized spacial score (nSPS) is 17.7. The second-order valence-corrected chi connectivity index (χ2v) is 7.25. The first-order valence-electron chi connectivity index (χ1n) is 9.26. The zero-order valence-corrected chi connectivity index (χ0v) is 17.1. The molecule has 1 saturated heterocycles. The largest absolute Gasteiger partial charge is 0.507 e. The Balaban J connectivity index is 1.97. The van der Waals surface area contributed by atoms with Gasteiger partial charge in [-0.15, -0.1) is 0 Å². The Morgan fingerprint density at radius 3 is 2.48 bits per heavy atom. The number of ether oxygens (including phenoxy) is 1. The molecule has 4 rings (SSSR count). The number of aliphatic hydroxyl groups excluding tert-OH is 1. The number of pyridine rings is 1. The van der Waals surface area contributed by atoms with E-state index in [1.807, 2.05) is 0 Å². The number of phenols is 1. The molecule has 31 heavy (non-hydrogen) atoms. The zero-order chi connectivity index (χ0) is 22.1. The van der Waals surface area contributed by atoms with E-state index >= 15 is 0 Å². The molecule has 1 atom stereocenters. The van der Waals surface area contributed by atoms with Crippen LogP contribution in [0.1, 0.15) is 17.2 Å². The lowest BCUT2D eigenvalue weighted by Gasteiger charge is -2.26. The van der Waals surface area contributed by atoms with Crippen LogP contribution in [0.25, 0.3) is 5.76 Å². The van der Waals surface area contributed by atoms with Crippen LogP contribution in [0.3, 0.4) is 0 Å². The highest BCUT2D eigenvalue weighted by molar-refractivity contribution is 6.51. The third-order valence-electron chi connectivity index (χ3n) is 5.00. The number of aromatic nitrogens is 1. The molecule has 1 aromatic heterocycles. The number of amides is 1. The van der Waals surface area contributed by atoms with Crippen LogP contribution >= 0.6 is 11.6 Å². The lowest BCUT2D eigenvalue weighted by molar-refractivity contribution is -0.132. The molecule has 2 heterocycles. The number of halogens is 1. The van der Waals surface area contributed by atoms with Crippen molar-refractivity contribution in [1.82, 2.24) is 4.98 Å². The maximum absolute atomic E-state index is 13.0. The average molecular weight is 437 g/mol. The number of anilines is 1. The summed E-state index contributed by atoms with van der Waals surface area (Å²) >= 11 is 6.11. The molecule has 0 spiro atoms. The lowest BCUT2D eigenvalue weighted by atomic mass is 9.95. The van der Waals surface area contributed by atoms with E-state index in [0.29, 0.717) is 21.8 Å². The standard InChI is InChI=1S/C23H17ClN2O5/c1-31-18-6-5-14(11-17(18)27)20-19(21(28)13-7-9-25-10-8-13)22(29)23(30)26(20)16-4-2-3-15(24)12-16/h2-12,20,27-28H,1H3/b21-19-. The molecule has 3 aromatic rings. The molecular formula is C23H17ClN2O5. The first-order valence-corrected chi connectivity index (χ1v) is 9.64. The molecular weight excluding hydrogens is 420 g/mol. The number of ketones is 1. The van der Waals surface area contributed by atoms with Gasteiger partial charge in [0, 0.05) is 28.7 Å². The van der Waals surface area contributed by atoms with Crippen molar-refractivity contribution in [1.29, 1.82) is 0 Å². The van der Waals surface area contributed by atoms with Crippen LogP contribution in [0.4, 0.5) is 5.69 Å². The van der Waals surface area contributed by atoms with Crippen LogP contribution in [-0.4, -0.2) is 34.0 Å². The molecule has 0 aliphatic carbocycles. The van der Waals surface area contributed by atoms with E-state index in [2.05, 4.69) is 4.98 Å². The number of Topliss-reactive ketones (excluding diaryl/α,β-unsaturated/α-hetero) is 1. The molecule has 1 aliphatic rings. The SMILES string of the molecule is COc1ccc(C2/C(=C(/O)c3ccncc3)C(=O)C(=O)N2c2cccc(Cl)c2)cc1O. The predicted octanol–water partition coefficient (Wildman–Crippen LogP) is 4.08. The molecule has 0 bridgehead atoms. The average Bonchev–Trinajstić information content (AvgIpc) is 3.04. The highest BCUT2D eigenvalue weighted by Crippen LogP contribution is 2.44. The fraction of sp³-hybridized carbons (Fsp3) is 0.0870. The Morgan fingerprint density at radius 2 is 1.84 bits per heavy atom. The molecule has 1 fully saturated rings. The first-order chi connectivity index (χ1) is 14.9. The van der Waals surface area contributed by atoms with E-state index < -0.39 is 17.7 Å². The fourth-order valence-electron chi connectivity index (χ4n) is 3.58. The minimum absolute atomic E-state index is 0.110. The number of carbonyl (C=O) groups excluding carboxylic acids is 2. The number of benzene rings is 2. The van der Waals surface area contributed by atoms with Gasteiger partial charge in [-0.05, 0) is 48.0 Å². The molecule has 0 radical (unpaired) electrons. The second-order valence-electron chi connectivity index (χ2n) is 6.82. The van der Waals surface area contributed by atoms with E-state index in [-0.39, 0.29) is 22.8 Å². The number of rotatable bonds is 4. The third kappa shape index (κ3) is 3.60. The van der Waals surface area contributed by atoms with Gasteiger partial charge in [-0.25, -0.2) is 0 Å². The van der Waals surface area contributed by atoms with E-state index in [4.69, 9.17) is 16.3 Å². The lowest BCUT2D eigenvalue weighted by Crippen LogP contribution is -2.29. The predicted molar refractivity (Wildman–Crippen MR) is 115 cm³/mol. The van der Waals surface area contributed by atoms with Gasteiger partial charge in [0.25, 0.3) is 11.7 Å². The van der Waals surface area contributed by atoms with Crippen molar-refractivity contribution in [3.05, 3.63) is 88.7 Å². The summed E-state index contributed by atoms with van der Waals surface area (Å²) in [7, 11) is 1.41. The molecule has 1 unspecified atom stereocenters. The number of methoxy groups -OCH3 is 1. The highest BCUT2D eigenvalue weighted by Gasteiger charge is 2.47. The van der Waals surface area contributed by atoms with Gasteiger partial charge in [0.1, 0.15) is 5.76 Å². The van der Waals surface area contributed by atoms with Crippen molar-refractivity contribution >= 4 is 34.7 Å². The third-order valence-corrected chi connectivity index (χ3v) is 5.24.